The fraction of sp³-hybridized carbons (Fsp3) is 0.588. The van der Waals surface area contributed by atoms with Crippen molar-refractivity contribution in [2.45, 2.75) is 38.3 Å². The van der Waals surface area contributed by atoms with Gasteiger partial charge >= 0.3 is 6.03 Å². The number of hydrogen-bond donors (Lipinski definition) is 2. The lowest BCUT2D eigenvalue weighted by Crippen LogP contribution is -2.42. The molecule has 1 saturated carbocycles. The number of ether oxygens (including phenoxy) is 1. The fourth-order valence-electron chi connectivity index (χ4n) is 2.93. The van der Waals surface area contributed by atoms with Crippen LogP contribution in [0.4, 0.5) is 4.79 Å². The molecule has 22 heavy (non-hydrogen) atoms. The summed E-state index contributed by atoms with van der Waals surface area (Å²) in [4.78, 5) is 13.8. The Kier molecular flexibility index (Phi) is 6.07. The monoisotopic (exact) mass is 306 g/mol. The van der Waals surface area contributed by atoms with Crippen LogP contribution in [-0.2, 0) is 6.54 Å². The zero-order valence-electron chi connectivity index (χ0n) is 13.4. The molecule has 2 N–H and O–H groups in total. The van der Waals surface area contributed by atoms with Gasteiger partial charge in [-0.25, -0.2) is 4.79 Å². The molecular weight excluding hydrogens is 280 g/mol. The van der Waals surface area contributed by atoms with Crippen molar-refractivity contribution < 1.29 is 14.6 Å². The third-order valence-corrected chi connectivity index (χ3v) is 4.30. The summed E-state index contributed by atoms with van der Waals surface area (Å²) >= 11 is 0. The van der Waals surface area contributed by atoms with Gasteiger partial charge in [0.2, 0.25) is 0 Å². The van der Waals surface area contributed by atoms with Crippen LogP contribution < -0.4 is 10.1 Å². The molecule has 0 aromatic heterocycles. The molecule has 0 saturated heterocycles. The van der Waals surface area contributed by atoms with Gasteiger partial charge in [-0.05, 0) is 30.5 Å². The Morgan fingerprint density at radius 1 is 1.41 bits per heavy atom. The summed E-state index contributed by atoms with van der Waals surface area (Å²) < 4.78 is 5.17. The Hall–Kier alpha value is -1.75. The first-order valence-corrected chi connectivity index (χ1v) is 7.90. The van der Waals surface area contributed by atoms with E-state index in [9.17, 15) is 9.90 Å². The van der Waals surface area contributed by atoms with E-state index < -0.39 is 0 Å². The van der Waals surface area contributed by atoms with Gasteiger partial charge in [-0.1, -0.05) is 25.0 Å². The predicted octanol–water partition coefficient (Wildman–Crippen LogP) is 2.39. The summed E-state index contributed by atoms with van der Waals surface area (Å²) in [5.41, 5.74) is 0.999. The maximum absolute atomic E-state index is 12.2. The molecule has 0 aliphatic heterocycles. The van der Waals surface area contributed by atoms with Crippen molar-refractivity contribution in [2.75, 3.05) is 20.7 Å². The first-order valence-electron chi connectivity index (χ1n) is 7.90. The fourth-order valence-corrected chi connectivity index (χ4v) is 2.93. The Morgan fingerprint density at radius 2 is 2.18 bits per heavy atom. The van der Waals surface area contributed by atoms with Gasteiger partial charge in [0.1, 0.15) is 5.75 Å². The van der Waals surface area contributed by atoms with Gasteiger partial charge in [0.05, 0.1) is 13.2 Å². The number of benzene rings is 1. The van der Waals surface area contributed by atoms with E-state index in [0.717, 1.165) is 37.0 Å². The second-order valence-electron chi connectivity index (χ2n) is 6.00. The van der Waals surface area contributed by atoms with E-state index in [1.54, 1.807) is 19.1 Å². The molecule has 2 unspecified atom stereocenters. The highest BCUT2D eigenvalue weighted by Gasteiger charge is 2.25. The van der Waals surface area contributed by atoms with Crippen LogP contribution in [0, 0.1) is 5.92 Å². The van der Waals surface area contributed by atoms with Crippen molar-refractivity contribution in [2.24, 2.45) is 5.92 Å². The van der Waals surface area contributed by atoms with E-state index in [1.165, 1.54) is 0 Å². The van der Waals surface area contributed by atoms with Crippen LogP contribution in [0.15, 0.2) is 24.3 Å². The number of carbonyl (C=O) groups is 1. The van der Waals surface area contributed by atoms with Crippen LogP contribution in [0.25, 0.3) is 0 Å². The van der Waals surface area contributed by atoms with Crippen molar-refractivity contribution in [3.63, 3.8) is 0 Å². The first-order chi connectivity index (χ1) is 10.6. The number of rotatable bonds is 5. The smallest absolute Gasteiger partial charge is 0.317 e. The van der Waals surface area contributed by atoms with E-state index >= 15 is 0 Å². The minimum Gasteiger partial charge on any atom is -0.497 e. The lowest BCUT2D eigenvalue weighted by atomic mass is 9.86. The van der Waals surface area contributed by atoms with E-state index in [0.29, 0.717) is 13.1 Å². The van der Waals surface area contributed by atoms with Gasteiger partial charge in [-0.2, -0.15) is 0 Å². The van der Waals surface area contributed by atoms with E-state index in [1.807, 2.05) is 24.3 Å². The largest absolute Gasteiger partial charge is 0.497 e. The van der Waals surface area contributed by atoms with Crippen LogP contribution >= 0.6 is 0 Å². The molecule has 1 aliphatic carbocycles. The number of carbonyl (C=O) groups excluding carboxylic acids is 1. The van der Waals surface area contributed by atoms with Gasteiger partial charge < -0.3 is 20.1 Å². The Morgan fingerprint density at radius 3 is 2.91 bits per heavy atom. The predicted molar refractivity (Wildman–Crippen MR) is 85.8 cm³/mol. The number of amides is 2. The van der Waals surface area contributed by atoms with E-state index in [2.05, 4.69) is 5.32 Å². The van der Waals surface area contributed by atoms with Crippen molar-refractivity contribution in [3.8, 4) is 5.75 Å². The Balaban J connectivity index is 1.80. The Bertz CT molecular complexity index is 493. The van der Waals surface area contributed by atoms with Crippen molar-refractivity contribution in [3.05, 3.63) is 29.8 Å². The molecule has 5 heteroatoms. The van der Waals surface area contributed by atoms with Crippen LogP contribution in [-0.4, -0.2) is 42.8 Å². The summed E-state index contributed by atoms with van der Waals surface area (Å²) in [6.07, 6.45) is 3.80. The summed E-state index contributed by atoms with van der Waals surface area (Å²) in [7, 11) is 3.41. The Labute approximate surface area is 132 Å². The molecule has 1 aromatic rings. The molecular formula is C17H26N2O3. The quantitative estimate of drug-likeness (QED) is 0.878. The molecule has 1 fully saturated rings. The van der Waals surface area contributed by atoms with E-state index in [4.69, 9.17) is 4.74 Å². The molecule has 0 radical (unpaired) electrons. The summed E-state index contributed by atoms with van der Waals surface area (Å²) in [6, 6.07) is 7.53. The molecule has 0 bridgehead atoms. The first kappa shape index (κ1) is 16.6. The van der Waals surface area contributed by atoms with Crippen LogP contribution in [0.3, 0.4) is 0 Å². The van der Waals surface area contributed by atoms with Crippen molar-refractivity contribution in [1.82, 2.24) is 10.2 Å². The number of nitrogens with one attached hydrogen (secondary N) is 1. The second kappa shape index (κ2) is 8.03. The van der Waals surface area contributed by atoms with Gasteiger partial charge in [-0.3, -0.25) is 0 Å². The van der Waals surface area contributed by atoms with Crippen LogP contribution in [0.2, 0.25) is 0 Å². The molecule has 1 aromatic carbocycles. The standard InChI is InChI=1S/C17H26N2O3/c1-19(12-14-7-3-4-9-16(14)20)17(21)18-11-13-6-5-8-15(10-13)22-2/h5-6,8,10,14,16,20H,3-4,7,9,11-12H2,1-2H3,(H,18,21). The third kappa shape index (κ3) is 4.63. The number of hydrogen-bond acceptors (Lipinski definition) is 3. The topological polar surface area (TPSA) is 61.8 Å². The molecule has 1 aliphatic rings. The van der Waals surface area contributed by atoms with Crippen LogP contribution in [0.1, 0.15) is 31.2 Å². The van der Waals surface area contributed by atoms with E-state index in [-0.39, 0.29) is 18.1 Å². The molecule has 0 spiro atoms. The van der Waals surface area contributed by atoms with Gasteiger partial charge in [0.15, 0.2) is 0 Å². The minimum atomic E-state index is -0.276. The second-order valence-corrected chi connectivity index (χ2v) is 6.00. The van der Waals surface area contributed by atoms with Crippen LogP contribution in [0.5, 0.6) is 5.75 Å². The van der Waals surface area contributed by atoms with Crippen molar-refractivity contribution >= 4 is 6.03 Å². The number of methoxy groups -OCH3 is 1. The average Bonchev–Trinajstić information content (AvgIpc) is 2.54. The highest BCUT2D eigenvalue weighted by atomic mass is 16.5. The average molecular weight is 306 g/mol. The highest BCUT2D eigenvalue weighted by Crippen LogP contribution is 2.24. The zero-order valence-corrected chi connectivity index (χ0v) is 13.4. The zero-order chi connectivity index (χ0) is 15.9. The molecule has 122 valence electrons. The maximum atomic E-state index is 12.2. The molecule has 0 heterocycles. The summed E-state index contributed by atoms with van der Waals surface area (Å²) in [6.45, 7) is 1.07. The van der Waals surface area contributed by atoms with Gasteiger partial charge in [-0.15, -0.1) is 0 Å². The molecule has 5 nitrogen and oxygen atoms in total. The van der Waals surface area contributed by atoms with Gasteiger partial charge in [0, 0.05) is 26.1 Å². The lowest BCUT2D eigenvalue weighted by molar-refractivity contribution is 0.0565. The molecule has 2 amide bonds. The number of aliphatic hydroxyl groups is 1. The third-order valence-electron chi connectivity index (χ3n) is 4.30. The lowest BCUT2D eigenvalue weighted by Gasteiger charge is -2.31. The number of aliphatic hydroxyl groups excluding tert-OH is 1. The van der Waals surface area contributed by atoms with Gasteiger partial charge in [0.25, 0.3) is 0 Å². The minimum absolute atomic E-state index is 0.111. The SMILES string of the molecule is COc1cccc(CNC(=O)N(C)CC2CCCCC2O)c1. The highest BCUT2D eigenvalue weighted by molar-refractivity contribution is 5.73. The summed E-state index contributed by atoms with van der Waals surface area (Å²) in [5.74, 6) is 0.978. The molecule has 2 rings (SSSR count). The maximum Gasteiger partial charge on any atom is 0.317 e. The number of nitrogens with zero attached hydrogens (tertiary/aromatic N) is 1. The normalized spacial score (nSPS) is 21.2. The molecule has 2 atom stereocenters. The number of urea groups is 1. The summed E-state index contributed by atoms with van der Waals surface area (Å²) in [5, 5.41) is 12.9. The van der Waals surface area contributed by atoms with Crippen molar-refractivity contribution in [1.29, 1.82) is 0 Å².